The lowest BCUT2D eigenvalue weighted by Crippen LogP contribution is -2.39. The van der Waals surface area contributed by atoms with Crippen molar-refractivity contribution in [3.63, 3.8) is 0 Å². The molecule has 0 bridgehead atoms. The lowest BCUT2D eigenvalue weighted by atomic mass is 9.96. The molecule has 0 aromatic heterocycles. The molecule has 1 aliphatic carbocycles. The molecule has 8 nitrogen and oxygen atoms in total. The molecule has 0 spiro atoms. The van der Waals surface area contributed by atoms with Crippen molar-refractivity contribution in [2.45, 2.75) is 6.42 Å². The van der Waals surface area contributed by atoms with E-state index in [-0.39, 0.29) is 29.9 Å². The van der Waals surface area contributed by atoms with Crippen molar-refractivity contribution in [3.05, 3.63) is 100 Å². The summed E-state index contributed by atoms with van der Waals surface area (Å²) in [6.45, 7) is 0.430. The number of benzene rings is 2. The lowest BCUT2D eigenvalue weighted by Gasteiger charge is -2.25. The minimum Gasteiger partial charge on any atom is -0.331 e. The molecular weight excluding hydrogens is 408 g/mol. The molecule has 0 N–H and O–H groups in total. The Bertz CT molecular complexity index is 1160. The fraction of sp³-hybridized carbons (Fsp3) is 0.167. The first kappa shape index (κ1) is 21.0. The van der Waals surface area contributed by atoms with Gasteiger partial charge in [0.1, 0.15) is 5.92 Å². The summed E-state index contributed by atoms with van der Waals surface area (Å²) in [6.07, 6.45) is 7.70. The Labute approximate surface area is 184 Å². The number of aliphatic imine (C=N–C) groups is 2. The quantitative estimate of drug-likeness (QED) is 0.498. The average molecular weight is 428 g/mol. The predicted octanol–water partition coefficient (Wildman–Crippen LogP) is 3.40. The number of hydrogen-bond acceptors (Lipinski definition) is 5. The molecule has 8 heteroatoms. The number of non-ortho nitro benzene ring substituents is 1. The third kappa shape index (κ3) is 4.75. The molecule has 160 valence electrons. The number of nitro groups is 1. The number of allylic oxidation sites excluding steroid dienone is 3. The number of carbonyl (C=O) groups is 2. The van der Waals surface area contributed by atoms with Crippen LogP contribution in [-0.2, 0) is 11.2 Å². The van der Waals surface area contributed by atoms with Crippen LogP contribution in [0.15, 0.2) is 88.9 Å². The van der Waals surface area contributed by atoms with Crippen LogP contribution in [-0.4, -0.2) is 46.3 Å². The van der Waals surface area contributed by atoms with Crippen LogP contribution in [0.4, 0.5) is 5.69 Å². The molecule has 4 rings (SSSR count). The van der Waals surface area contributed by atoms with E-state index in [1.165, 1.54) is 24.3 Å². The van der Waals surface area contributed by atoms with E-state index in [1.807, 2.05) is 30.3 Å². The van der Waals surface area contributed by atoms with Gasteiger partial charge in [-0.1, -0.05) is 48.6 Å². The fourth-order valence-corrected chi connectivity index (χ4v) is 3.53. The number of hydrogen-bond donors (Lipinski definition) is 0. The summed E-state index contributed by atoms with van der Waals surface area (Å²) in [7, 11) is 0. The number of amidine groups is 1. The number of amides is 2. The molecule has 1 unspecified atom stereocenters. The van der Waals surface area contributed by atoms with Gasteiger partial charge in [0, 0.05) is 24.2 Å². The topological polar surface area (TPSA) is 105 Å². The zero-order chi connectivity index (χ0) is 22.5. The van der Waals surface area contributed by atoms with Crippen LogP contribution in [0.5, 0.6) is 0 Å². The molecule has 32 heavy (non-hydrogen) atoms. The smallest absolute Gasteiger partial charge is 0.269 e. The SMILES string of the molecule is O=C1N=C(CN(CCc2ccccc2)C(=O)c2ccc([N+](=O)[O-])cc2)N=C2C=CC=CC12. The van der Waals surface area contributed by atoms with Crippen LogP contribution in [0.1, 0.15) is 15.9 Å². The monoisotopic (exact) mass is 428 g/mol. The van der Waals surface area contributed by atoms with E-state index in [0.717, 1.165) is 5.56 Å². The van der Waals surface area contributed by atoms with E-state index in [2.05, 4.69) is 9.98 Å². The zero-order valence-corrected chi connectivity index (χ0v) is 17.1. The van der Waals surface area contributed by atoms with Crippen molar-refractivity contribution in [1.29, 1.82) is 0 Å². The number of nitro benzene ring substituents is 1. The van der Waals surface area contributed by atoms with Crippen LogP contribution >= 0.6 is 0 Å². The molecule has 0 radical (unpaired) electrons. The standard InChI is InChI=1S/C24H20N4O4/c29-23-20-8-4-5-9-21(20)25-22(26-23)16-27(15-14-17-6-2-1-3-7-17)24(30)18-10-12-19(13-11-18)28(31)32/h1-13,20H,14-16H2. The molecule has 1 heterocycles. The first-order valence-electron chi connectivity index (χ1n) is 10.1. The lowest BCUT2D eigenvalue weighted by molar-refractivity contribution is -0.384. The van der Waals surface area contributed by atoms with Crippen LogP contribution in [0, 0.1) is 16.0 Å². The summed E-state index contributed by atoms with van der Waals surface area (Å²) < 4.78 is 0. The van der Waals surface area contributed by atoms with Crippen LogP contribution < -0.4 is 0 Å². The van der Waals surface area contributed by atoms with Gasteiger partial charge < -0.3 is 4.90 Å². The number of fused-ring (bicyclic) bond motifs is 1. The van der Waals surface area contributed by atoms with Gasteiger partial charge in [0.2, 0.25) is 0 Å². The molecule has 1 atom stereocenters. The second-order valence-electron chi connectivity index (χ2n) is 7.39. The normalized spacial score (nSPS) is 16.8. The Morgan fingerprint density at radius 3 is 2.50 bits per heavy atom. The van der Waals surface area contributed by atoms with E-state index < -0.39 is 10.8 Å². The second kappa shape index (κ2) is 9.30. The van der Waals surface area contributed by atoms with Gasteiger partial charge >= 0.3 is 0 Å². The summed E-state index contributed by atoms with van der Waals surface area (Å²) in [6, 6.07) is 15.2. The molecular formula is C24H20N4O4. The summed E-state index contributed by atoms with van der Waals surface area (Å²) in [5.41, 5.74) is 1.89. The molecule has 2 aliphatic rings. The molecule has 0 saturated carbocycles. The summed E-state index contributed by atoms with van der Waals surface area (Å²) >= 11 is 0. The van der Waals surface area contributed by atoms with E-state index in [0.29, 0.717) is 24.2 Å². The highest BCUT2D eigenvalue weighted by molar-refractivity contribution is 6.21. The van der Waals surface area contributed by atoms with Crippen molar-refractivity contribution >= 4 is 29.0 Å². The van der Waals surface area contributed by atoms with E-state index in [1.54, 1.807) is 29.2 Å². The van der Waals surface area contributed by atoms with Gasteiger partial charge in [0.05, 0.1) is 17.2 Å². The minimum absolute atomic E-state index is 0.0577. The molecule has 2 amide bonds. The van der Waals surface area contributed by atoms with Crippen molar-refractivity contribution < 1.29 is 14.5 Å². The highest BCUT2D eigenvalue weighted by Crippen LogP contribution is 2.18. The van der Waals surface area contributed by atoms with Gasteiger partial charge in [0.25, 0.3) is 17.5 Å². The minimum atomic E-state index is -0.511. The summed E-state index contributed by atoms with van der Waals surface area (Å²) in [5, 5.41) is 10.9. The Hall–Kier alpha value is -4.20. The Kier molecular flexibility index (Phi) is 6.12. The number of carbonyl (C=O) groups excluding carboxylic acids is 2. The maximum atomic E-state index is 13.2. The van der Waals surface area contributed by atoms with Gasteiger partial charge in [0.15, 0.2) is 5.84 Å². The van der Waals surface area contributed by atoms with Crippen molar-refractivity contribution in [3.8, 4) is 0 Å². The van der Waals surface area contributed by atoms with Gasteiger partial charge in [-0.25, -0.2) is 4.99 Å². The number of nitrogens with zero attached hydrogens (tertiary/aromatic N) is 4. The van der Waals surface area contributed by atoms with E-state index in [4.69, 9.17) is 0 Å². The predicted molar refractivity (Wildman–Crippen MR) is 121 cm³/mol. The highest BCUT2D eigenvalue weighted by Gasteiger charge is 2.28. The molecule has 0 saturated heterocycles. The third-order valence-electron chi connectivity index (χ3n) is 5.22. The Balaban J connectivity index is 1.57. The van der Waals surface area contributed by atoms with Crippen molar-refractivity contribution in [2.75, 3.05) is 13.1 Å². The van der Waals surface area contributed by atoms with Crippen molar-refractivity contribution in [2.24, 2.45) is 15.9 Å². The van der Waals surface area contributed by atoms with E-state index >= 15 is 0 Å². The maximum absolute atomic E-state index is 13.2. The Morgan fingerprint density at radius 2 is 1.78 bits per heavy atom. The van der Waals surface area contributed by atoms with Crippen LogP contribution in [0.25, 0.3) is 0 Å². The highest BCUT2D eigenvalue weighted by atomic mass is 16.6. The van der Waals surface area contributed by atoms with E-state index in [9.17, 15) is 19.7 Å². The van der Waals surface area contributed by atoms with Crippen LogP contribution in [0.2, 0.25) is 0 Å². The fourth-order valence-electron chi connectivity index (χ4n) is 3.53. The summed E-state index contributed by atoms with van der Waals surface area (Å²) in [4.78, 5) is 46.2. The third-order valence-corrected chi connectivity index (χ3v) is 5.22. The average Bonchev–Trinajstić information content (AvgIpc) is 2.82. The maximum Gasteiger partial charge on any atom is 0.269 e. The molecule has 2 aromatic rings. The first-order valence-corrected chi connectivity index (χ1v) is 10.1. The zero-order valence-electron chi connectivity index (χ0n) is 17.1. The van der Waals surface area contributed by atoms with Gasteiger partial charge in [-0.3, -0.25) is 19.7 Å². The van der Waals surface area contributed by atoms with Crippen LogP contribution in [0.3, 0.4) is 0 Å². The van der Waals surface area contributed by atoms with Gasteiger partial charge in [-0.15, -0.1) is 0 Å². The second-order valence-corrected chi connectivity index (χ2v) is 7.39. The Morgan fingerprint density at radius 1 is 1.03 bits per heavy atom. The number of rotatable bonds is 7. The first-order chi connectivity index (χ1) is 15.5. The largest absolute Gasteiger partial charge is 0.331 e. The molecule has 2 aromatic carbocycles. The van der Waals surface area contributed by atoms with Gasteiger partial charge in [-0.2, -0.15) is 4.99 Å². The van der Waals surface area contributed by atoms with Gasteiger partial charge in [-0.05, 0) is 30.2 Å². The molecule has 1 aliphatic heterocycles. The summed E-state index contributed by atoms with van der Waals surface area (Å²) in [5.74, 6) is -0.833. The van der Waals surface area contributed by atoms with Crippen molar-refractivity contribution in [1.82, 2.24) is 4.90 Å². The molecule has 0 fully saturated rings.